The maximum atomic E-state index is 13.2. The minimum atomic E-state index is -0.357. The number of aromatic nitrogens is 2. The third-order valence-corrected chi connectivity index (χ3v) is 7.78. The molecular weight excluding hydrogens is 456 g/mol. The van der Waals surface area contributed by atoms with Crippen molar-refractivity contribution in [1.82, 2.24) is 19.4 Å². The molecular formula is C28H34N4O4. The van der Waals surface area contributed by atoms with Crippen molar-refractivity contribution in [2.75, 3.05) is 33.3 Å². The molecule has 8 heteroatoms. The average molecular weight is 491 g/mol. The number of para-hydroxylation sites is 1. The Hall–Kier alpha value is -3.39. The molecule has 190 valence electrons. The molecule has 8 nitrogen and oxygen atoms in total. The maximum absolute atomic E-state index is 13.2. The van der Waals surface area contributed by atoms with E-state index in [0.717, 1.165) is 64.2 Å². The number of benzene rings is 2. The molecule has 3 aromatic rings. The van der Waals surface area contributed by atoms with E-state index in [0.29, 0.717) is 17.4 Å². The summed E-state index contributed by atoms with van der Waals surface area (Å²) in [6, 6.07) is 15.3. The number of fused-ring (bicyclic) bond motifs is 1. The Morgan fingerprint density at radius 3 is 2.33 bits per heavy atom. The summed E-state index contributed by atoms with van der Waals surface area (Å²) >= 11 is 0. The Morgan fingerprint density at radius 2 is 1.64 bits per heavy atom. The molecule has 1 N–H and O–H groups in total. The standard InChI is InChI=1S/C28H34N4O4/c1-36-23-12-8-20(9-13-23)18-30-14-16-31(17-15-30)26(33)22-10-6-21(7-11-22)19-32-27(34)24-4-2-3-5-25(24)29-28(32)35/h2-5,8-9,12-13,21-22H,6-7,10-11,14-19H2,1H3,(H,29,35)/t21-,22-. The van der Waals surface area contributed by atoms with E-state index in [1.54, 1.807) is 25.3 Å². The monoisotopic (exact) mass is 490 g/mol. The topological polar surface area (TPSA) is 87.6 Å². The van der Waals surface area contributed by atoms with E-state index < -0.39 is 0 Å². The number of hydrogen-bond acceptors (Lipinski definition) is 5. The first-order valence-corrected chi connectivity index (χ1v) is 12.9. The summed E-state index contributed by atoms with van der Waals surface area (Å²) in [5.41, 5.74) is 1.23. The van der Waals surface area contributed by atoms with E-state index in [2.05, 4.69) is 22.0 Å². The van der Waals surface area contributed by atoms with Gasteiger partial charge in [-0.1, -0.05) is 24.3 Å². The van der Waals surface area contributed by atoms with Gasteiger partial charge in [-0.15, -0.1) is 0 Å². The van der Waals surface area contributed by atoms with Crippen LogP contribution in [0.25, 0.3) is 10.9 Å². The first-order chi connectivity index (χ1) is 17.5. The van der Waals surface area contributed by atoms with Gasteiger partial charge in [-0.2, -0.15) is 0 Å². The Balaban J connectivity index is 1.11. The van der Waals surface area contributed by atoms with E-state index in [1.807, 2.05) is 23.1 Å². The number of nitrogens with one attached hydrogen (secondary N) is 1. The van der Waals surface area contributed by atoms with Gasteiger partial charge < -0.3 is 14.6 Å². The van der Waals surface area contributed by atoms with E-state index in [-0.39, 0.29) is 29.0 Å². The van der Waals surface area contributed by atoms with Gasteiger partial charge >= 0.3 is 5.69 Å². The van der Waals surface area contributed by atoms with Crippen LogP contribution >= 0.6 is 0 Å². The van der Waals surface area contributed by atoms with E-state index in [4.69, 9.17) is 4.74 Å². The minimum Gasteiger partial charge on any atom is -0.497 e. The van der Waals surface area contributed by atoms with Crippen LogP contribution in [0.2, 0.25) is 0 Å². The number of amides is 1. The van der Waals surface area contributed by atoms with Crippen LogP contribution in [0.4, 0.5) is 0 Å². The fourth-order valence-electron chi connectivity index (χ4n) is 5.59. The minimum absolute atomic E-state index is 0.0426. The fraction of sp³-hybridized carbons (Fsp3) is 0.464. The number of aromatic amines is 1. The lowest BCUT2D eigenvalue weighted by molar-refractivity contribution is -0.138. The number of H-pyrrole nitrogens is 1. The maximum Gasteiger partial charge on any atom is 0.328 e. The molecule has 1 aliphatic carbocycles. The summed E-state index contributed by atoms with van der Waals surface area (Å²) in [7, 11) is 1.67. The Labute approximate surface area is 210 Å². The molecule has 36 heavy (non-hydrogen) atoms. The summed E-state index contributed by atoms with van der Waals surface area (Å²) < 4.78 is 6.56. The molecule has 0 spiro atoms. The van der Waals surface area contributed by atoms with Crippen LogP contribution in [0.1, 0.15) is 31.2 Å². The molecule has 0 bridgehead atoms. The second kappa shape index (κ2) is 10.7. The van der Waals surface area contributed by atoms with Crippen molar-refractivity contribution in [3.63, 3.8) is 0 Å². The highest BCUT2D eigenvalue weighted by Crippen LogP contribution is 2.31. The van der Waals surface area contributed by atoms with Crippen LogP contribution < -0.4 is 16.0 Å². The highest BCUT2D eigenvalue weighted by molar-refractivity contribution is 5.79. The number of carbonyl (C=O) groups is 1. The van der Waals surface area contributed by atoms with Crippen molar-refractivity contribution < 1.29 is 9.53 Å². The lowest BCUT2D eigenvalue weighted by Gasteiger charge is -2.38. The molecule has 0 unspecified atom stereocenters. The van der Waals surface area contributed by atoms with Gasteiger partial charge in [0.15, 0.2) is 0 Å². The van der Waals surface area contributed by atoms with E-state index >= 15 is 0 Å². The lowest BCUT2D eigenvalue weighted by Crippen LogP contribution is -2.50. The first kappa shape index (κ1) is 24.3. The molecule has 1 aliphatic heterocycles. The van der Waals surface area contributed by atoms with E-state index in [9.17, 15) is 14.4 Å². The van der Waals surface area contributed by atoms with Gasteiger partial charge in [0.1, 0.15) is 5.75 Å². The third-order valence-electron chi connectivity index (χ3n) is 7.78. The molecule has 2 aromatic carbocycles. The highest BCUT2D eigenvalue weighted by Gasteiger charge is 2.31. The molecule has 2 aliphatic rings. The van der Waals surface area contributed by atoms with Crippen LogP contribution in [0.3, 0.4) is 0 Å². The van der Waals surface area contributed by atoms with Crippen molar-refractivity contribution in [3.05, 3.63) is 74.9 Å². The SMILES string of the molecule is COc1ccc(CN2CCN(C(=O)[C@H]3CC[C@H](Cn4c(=O)[nH]c5ccccc5c4=O)CC3)CC2)cc1. The molecule has 1 saturated carbocycles. The molecule has 1 saturated heterocycles. The average Bonchev–Trinajstić information content (AvgIpc) is 2.92. The van der Waals surface area contributed by atoms with E-state index in [1.165, 1.54) is 10.1 Å². The molecule has 1 aromatic heterocycles. The van der Waals surface area contributed by atoms with Crippen LogP contribution in [0.15, 0.2) is 58.1 Å². The van der Waals surface area contributed by atoms with Crippen molar-refractivity contribution >= 4 is 16.8 Å². The predicted octanol–water partition coefficient (Wildman–Crippen LogP) is 2.85. The second-order valence-corrected chi connectivity index (χ2v) is 10.1. The van der Waals surface area contributed by atoms with Gasteiger partial charge in [-0.05, 0) is 61.4 Å². The van der Waals surface area contributed by atoms with Gasteiger partial charge in [0, 0.05) is 45.2 Å². The number of rotatable bonds is 6. The Kier molecular flexibility index (Phi) is 7.23. The number of hydrogen-bond donors (Lipinski definition) is 1. The van der Waals surface area contributed by atoms with Gasteiger partial charge in [0.05, 0.1) is 18.0 Å². The second-order valence-electron chi connectivity index (χ2n) is 10.1. The zero-order chi connectivity index (χ0) is 25.1. The van der Waals surface area contributed by atoms with Crippen LogP contribution in [0, 0.1) is 11.8 Å². The first-order valence-electron chi connectivity index (χ1n) is 12.9. The van der Waals surface area contributed by atoms with Gasteiger partial charge in [0.2, 0.25) is 5.91 Å². The van der Waals surface area contributed by atoms with Crippen molar-refractivity contribution in [2.24, 2.45) is 11.8 Å². The van der Waals surface area contributed by atoms with Crippen molar-refractivity contribution in [3.8, 4) is 5.75 Å². The smallest absolute Gasteiger partial charge is 0.328 e. The third kappa shape index (κ3) is 5.23. The Morgan fingerprint density at radius 1 is 0.944 bits per heavy atom. The number of ether oxygens (including phenoxy) is 1. The van der Waals surface area contributed by atoms with Crippen molar-refractivity contribution in [2.45, 2.75) is 38.8 Å². The van der Waals surface area contributed by atoms with Crippen molar-refractivity contribution in [1.29, 1.82) is 0 Å². The summed E-state index contributed by atoms with van der Waals surface area (Å²) in [4.78, 5) is 45.8. The largest absolute Gasteiger partial charge is 0.497 e. The number of methoxy groups -OCH3 is 1. The van der Waals surface area contributed by atoms with Gasteiger partial charge in [0.25, 0.3) is 5.56 Å². The summed E-state index contributed by atoms with van der Waals surface area (Å²) in [6.07, 6.45) is 3.34. The molecule has 2 fully saturated rings. The predicted molar refractivity (Wildman–Crippen MR) is 139 cm³/mol. The summed E-state index contributed by atoms with van der Waals surface area (Å²) in [6.45, 7) is 4.56. The molecule has 0 atom stereocenters. The lowest BCUT2D eigenvalue weighted by atomic mass is 9.81. The number of carbonyl (C=O) groups excluding carboxylic acids is 1. The molecule has 5 rings (SSSR count). The van der Waals surface area contributed by atoms with Crippen LogP contribution in [-0.2, 0) is 17.9 Å². The molecule has 1 amide bonds. The normalized spacial score (nSPS) is 21.0. The van der Waals surface area contributed by atoms with Crippen LogP contribution in [-0.4, -0.2) is 58.5 Å². The van der Waals surface area contributed by atoms with Crippen LogP contribution in [0.5, 0.6) is 5.75 Å². The zero-order valence-corrected chi connectivity index (χ0v) is 20.8. The molecule has 0 radical (unpaired) electrons. The van der Waals surface area contributed by atoms with Gasteiger partial charge in [-0.3, -0.25) is 19.1 Å². The molecule has 2 heterocycles. The number of nitrogens with zero attached hydrogens (tertiary/aromatic N) is 3. The summed E-state index contributed by atoms with van der Waals surface area (Å²) in [5.74, 6) is 1.40. The fourth-order valence-corrected chi connectivity index (χ4v) is 5.59. The Bertz CT molecular complexity index is 1310. The van der Waals surface area contributed by atoms with Gasteiger partial charge in [-0.25, -0.2) is 4.79 Å². The highest BCUT2D eigenvalue weighted by atomic mass is 16.5. The zero-order valence-electron chi connectivity index (χ0n) is 20.8. The summed E-state index contributed by atoms with van der Waals surface area (Å²) in [5, 5.41) is 0.534. The number of piperazine rings is 1. The quantitative estimate of drug-likeness (QED) is 0.574.